The van der Waals surface area contributed by atoms with E-state index in [4.69, 9.17) is 5.73 Å². The summed E-state index contributed by atoms with van der Waals surface area (Å²) in [6.07, 6.45) is 0. The Morgan fingerprint density at radius 2 is 1.88 bits per heavy atom. The number of halogens is 2. The molecule has 17 heavy (non-hydrogen) atoms. The first-order valence-corrected chi connectivity index (χ1v) is 5.70. The van der Waals surface area contributed by atoms with E-state index in [1.807, 2.05) is 0 Å². The van der Waals surface area contributed by atoms with Crippen molar-refractivity contribution in [1.29, 1.82) is 0 Å². The average molecular weight is 242 g/mol. The lowest BCUT2D eigenvalue weighted by Crippen LogP contribution is -2.25. The quantitative estimate of drug-likeness (QED) is 0.794. The Morgan fingerprint density at radius 3 is 2.41 bits per heavy atom. The van der Waals surface area contributed by atoms with E-state index in [1.165, 1.54) is 6.07 Å². The molecule has 3 N–H and O–H groups in total. The summed E-state index contributed by atoms with van der Waals surface area (Å²) in [6.45, 7) is 9.06. The topological polar surface area (TPSA) is 38.0 Å². The van der Waals surface area contributed by atoms with Crippen LogP contribution in [0.15, 0.2) is 12.1 Å². The van der Waals surface area contributed by atoms with Crippen molar-refractivity contribution < 1.29 is 8.78 Å². The molecule has 0 aromatic heterocycles. The van der Waals surface area contributed by atoms with E-state index in [1.54, 1.807) is 0 Å². The fourth-order valence-electron chi connectivity index (χ4n) is 1.30. The molecule has 0 heterocycles. The van der Waals surface area contributed by atoms with Gasteiger partial charge in [0.15, 0.2) is 5.82 Å². The molecule has 0 aliphatic heterocycles. The summed E-state index contributed by atoms with van der Waals surface area (Å²) in [4.78, 5) is 0. The lowest BCUT2D eigenvalue weighted by molar-refractivity contribution is 0.274. The minimum atomic E-state index is -0.726. The van der Waals surface area contributed by atoms with Crippen molar-refractivity contribution in [3.63, 3.8) is 0 Å². The molecular formula is C13H20F2N2. The highest BCUT2D eigenvalue weighted by Crippen LogP contribution is 2.28. The minimum Gasteiger partial charge on any atom is -0.395 e. The van der Waals surface area contributed by atoms with Gasteiger partial charge in [-0.15, -0.1) is 0 Å². The van der Waals surface area contributed by atoms with Crippen LogP contribution in [0.2, 0.25) is 0 Å². The van der Waals surface area contributed by atoms with Gasteiger partial charge in [-0.05, 0) is 17.4 Å². The lowest BCUT2D eigenvalue weighted by Gasteiger charge is -2.28. The largest absolute Gasteiger partial charge is 0.395 e. The summed E-state index contributed by atoms with van der Waals surface area (Å²) >= 11 is 0. The van der Waals surface area contributed by atoms with Crippen LogP contribution in [0.1, 0.15) is 27.7 Å². The SMILES string of the molecule is CC(CNc1cc(F)cc(F)c1N)C(C)(C)C. The summed E-state index contributed by atoms with van der Waals surface area (Å²) in [5.74, 6) is -0.994. The Kier molecular flexibility index (Phi) is 3.96. The maximum absolute atomic E-state index is 13.2. The molecule has 0 fully saturated rings. The van der Waals surface area contributed by atoms with Gasteiger partial charge in [0.25, 0.3) is 0 Å². The van der Waals surface area contributed by atoms with Gasteiger partial charge in [-0.3, -0.25) is 0 Å². The van der Waals surface area contributed by atoms with Crippen LogP contribution in [0, 0.1) is 23.0 Å². The zero-order chi connectivity index (χ0) is 13.2. The number of benzene rings is 1. The van der Waals surface area contributed by atoms with Gasteiger partial charge in [-0.25, -0.2) is 8.78 Å². The van der Waals surface area contributed by atoms with Crippen molar-refractivity contribution in [2.24, 2.45) is 11.3 Å². The Labute approximate surface area is 101 Å². The number of nitrogens with two attached hydrogens (primary N) is 1. The summed E-state index contributed by atoms with van der Waals surface area (Å²) < 4.78 is 26.2. The summed E-state index contributed by atoms with van der Waals surface area (Å²) in [6, 6.07) is 2.00. The summed E-state index contributed by atoms with van der Waals surface area (Å²) in [5, 5.41) is 3.00. The number of nitrogens with one attached hydrogen (secondary N) is 1. The maximum atomic E-state index is 13.2. The van der Waals surface area contributed by atoms with Crippen molar-refractivity contribution >= 4 is 11.4 Å². The van der Waals surface area contributed by atoms with E-state index >= 15 is 0 Å². The van der Waals surface area contributed by atoms with Gasteiger partial charge in [0.05, 0.1) is 11.4 Å². The molecule has 2 nitrogen and oxygen atoms in total. The zero-order valence-corrected chi connectivity index (χ0v) is 10.8. The van der Waals surface area contributed by atoms with Gasteiger partial charge >= 0.3 is 0 Å². The number of nitrogen functional groups attached to an aromatic ring is 1. The highest BCUT2D eigenvalue weighted by Gasteiger charge is 2.20. The molecule has 0 radical (unpaired) electrons. The van der Waals surface area contributed by atoms with Crippen molar-refractivity contribution in [2.75, 3.05) is 17.6 Å². The molecule has 96 valence electrons. The molecule has 1 atom stereocenters. The van der Waals surface area contributed by atoms with E-state index in [0.717, 1.165) is 6.07 Å². The van der Waals surface area contributed by atoms with Crippen LogP contribution in [-0.4, -0.2) is 6.54 Å². The summed E-state index contributed by atoms with van der Waals surface area (Å²) in [7, 11) is 0. The van der Waals surface area contributed by atoms with Crippen LogP contribution < -0.4 is 11.1 Å². The Balaban J connectivity index is 2.76. The van der Waals surface area contributed by atoms with Crippen LogP contribution in [0.25, 0.3) is 0 Å². The molecule has 1 aromatic rings. The van der Waals surface area contributed by atoms with Gasteiger partial charge in [0, 0.05) is 12.6 Å². The number of rotatable bonds is 3. The van der Waals surface area contributed by atoms with Crippen molar-refractivity contribution in [3.8, 4) is 0 Å². The highest BCUT2D eigenvalue weighted by molar-refractivity contribution is 5.66. The third-order valence-electron chi connectivity index (χ3n) is 3.17. The van der Waals surface area contributed by atoms with E-state index < -0.39 is 11.6 Å². The predicted molar refractivity (Wildman–Crippen MR) is 67.9 cm³/mol. The zero-order valence-electron chi connectivity index (χ0n) is 10.8. The Hall–Kier alpha value is -1.32. The number of hydrogen-bond donors (Lipinski definition) is 2. The first-order valence-electron chi connectivity index (χ1n) is 5.70. The molecule has 4 heteroatoms. The van der Waals surface area contributed by atoms with Gasteiger partial charge in [-0.1, -0.05) is 27.7 Å². The first-order chi connectivity index (χ1) is 7.71. The normalized spacial score (nSPS) is 13.5. The van der Waals surface area contributed by atoms with Crippen molar-refractivity contribution in [3.05, 3.63) is 23.8 Å². The molecular weight excluding hydrogens is 222 g/mol. The molecule has 0 spiro atoms. The second-order valence-corrected chi connectivity index (χ2v) is 5.50. The van der Waals surface area contributed by atoms with Crippen LogP contribution in [0.5, 0.6) is 0 Å². The third kappa shape index (κ3) is 3.58. The van der Waals surface area contributed by atoms with Crippen LogP contribution in [0.3, 0.4) is 0 Å². The smallest absolute Gasteiger partial charge is 0.151 e. The van der Waals surface area contributed by atoms with Gasteiger partial charge in [0.2, 0.25) is 0 Å². The number of hydrogen-bond acceptors (Lipinski definition) is 2. The second-order valence-electron chi connectivity index (χ2n) is 5.50. The first kappa shape index (κ1) is 13.7. The molecule has 1 unspecified atom stereocenters. The minimum absolute atomic E-state index is 0.0347. The lowest BCUT2D eigenvalue weighted by atomic mass is 9.82. The standard InChI is InChI=1S/C13H20F2N2/c1-8(13(2,3)4)7-17-11-6-9(14)5-10(15)12(11)16/h5-6,8,17H,7,16H2,1-4H3. The second kappa shape index (κ2) is 4.90. The number of anilines is 2. The Bertz CT molecular complexity index is 397. The van der Waals surface area contributed by atoms with E-state index in [0.29, 0.717) is 18.2 Å². The van der Waals surface area contributed by atoms with Gasteiger partial charge in [-0.2, -0.15) is 0 Å². The molecule has 0 amide bonds. The highest BCUT2D eigenvalue weighted by atomic mass is 19.1. The van der Waals surface area contributed by atoms with Crippen LogP contribution >= 0.6 is 0 Å². The molecule has 1 aromatic carbocycles. The monoisotopic (exact) mass is 242 g/mol. The maximum Gasteiger partial charge on any atom is 0.151 e. The van der Waals surface area contributed by atoms with Crippen LogP contribution in [-0.2, 0) is 0 Å². The third-order valence-corrected chi connectivity index (χ3v) is 3.17. The summed E-state index contributed by atoms with van der Waals surface area (Å²) in [5.41, 5.74) is 5.96. The van der Waals surface area contributed by atoms with Crippen LogP contribution in [0.4, 0.5) is 20.2 Å². The van der Waals surface area contributed by atoms with Gasteiger partial charge in [0.1, 0.15) is 5.82 Å². The average Bonchev–Trinajstić information content (AvgIpc) is 2.19. The van der Waals surface area contributed by atoms with E-state index in [-0.39, 0.29) is 11.1 Å². The Morgan fingerprint density at radius 1 is 1.29 bits per heavy atom. The van der Waals surface area contributed by atoms with Gasteiger partial charge < -0.3 is 11.1 Å². The van der Waals surface area contributed by atoms with Crippen molar-refractivity contribution in [1.82, 2.24) is 0 Å². The molecule has 0 saturated heterocycles. The molecule has 0 saturated carbocycles. The fourth-order valence-corrected chi connectivity index (χ4v) is 1.30. The predicted octanol–water partition coefficient (Wildman–Crippen LogP) is 3.64. The fraction of sp³-hybridized carbons (Fsp3) is 0.538. The van der Waals surface area contributed by atoms with E-state index in [2.05, 4.69) is 33.0 Å². The molecule has 0 bridgehead atoms. The molecule has 0 aliphatic carbocycles. The van der Waals surface area contributed by atoms with E-state index in [9.17, 15) is 8.78 Å². The molecule has 0 aliphatic rings. The molecule has 1 rings (SSSR count). The van der Waals surface area contributed by atoms with Crippen molar-refractivity contribution in [2.45, 2.75) is 27.7 Å².